The van der Waals surface area contributed by atoms with Crippen molar-refractivity contribution in [2.24, 2.45) is 5.92 Å². The predicted molar refractivity (Wildman–Crippen MR) is 116 cm³/mol. The first-order valence-electron chi connectivity index (χ1n) is 11.4. The minimum absolute atomic E-state index is 0.0389. The van der Waals surface area contributed by atoms with Crippen molar-refractivity contribution in [2.45, 2.75) is 50.6 Å². The minimum atomic E-state index is -0.864. The van der Waals surface area contributed by atoms with E-state index in [0.29, 0.717) is 25.1 Å². The Morgan fingerprint density at radius 3 is 2.61 bits per heavy atom. The number of halogens is 2. The molecule has 1 aromatic carbocycles. The highest BCUT2D eigenvalue weighted by Crippen LogP contribution is 2.28. The van der Waals surface area contributed by atoms with E-state index in [-0.39, 0.29) is 35.1 Å². The fourth-order valence-electron chi connectivity index (χ4n) is 4.83. The van der Waals surface area contributed by atoms with Crippen molar-refractivity contribution in [3.05, 3.63) is 35.7 Å². The molecular formula is C23H29F2N5O3. The van der Waals surface area contributed by atoms with Crippen molar-refractivity contribution < 1.29 is 22.9 Å². The lowest BCUT2D eigenvalue weighted by Crippen LogP contribution is -2.57. The number of aromatic nitrogens is 2. The van der Waals surface area contributed by atoms with E-state index in [1.165, 1.54) is 25.3 Å². The highest BCUT2D eigenvalue weighted by molar-refractivity contribution is 5.91. The Morgan fingerprint density at radius 2 is 1.91 bits per heavy atom. The molecule has 1 saturated carbocycles. The molecule has 2 aliphatic rings. The summed E-state index contributed by atoms with van der Waals surface area (Å²) in [6, 6.07) is 3.05. The van der Waals surface area contributed by atoms with Crippen molar-refractivity contribution >= 4 is 11.8 Å². The molecule has 2 fully saturated rings. The average molecular weight is 462 g/mol. The van der Waals surface area contributed by atoms with E-state index < -0.39 is 17.5 Å². The molecular weight excluding hydrogens is 432 g/mol. The fraction of sp³-hybridized carbons (Fsp3) is 0.565. The molecule has 0 unspecified atom stereocenters. The number of nitrogens with zero attached hydrogens (tertiary/aromatic N) is 4. The first kappa shape index (κ1) is 23.3. The molecule has 2 amide bonds. The third-order valence-corrected chi connectivity index (χ3v) is 6.60. The topological polar surface area (TPSA) is 91.6 Å². The van der Waals surface area contributed by atoms with Crippen LogP contribution in [-0.4, -0.2) is 71.0 Å². The maximum atomic E-state index is 14.0. The number of nitrogens with one attached hydrogen (secondary N) is 1. The van der Waals surface area contributed by atoms with Gasteiger partial charge in [-0.3, -0.25) is 14.5 Å². The third-order valence-electron chi connectivity index (χ3n) is 6.60. The molecule has 178 valence electrons. The first-order valence-corrected chi connectivity index (χ1v) is 11.4. The van der Waals surface area contributed by atoms with Crippen molar-refractivity contribution in [3.8, 4) is 11.5 Å². The summed E-state index contributed by atoms with van der Waals surface area (Å²) in [5, 5.41) is 6.53. The van der Waals surface area contributed by atoms with Crippen LogP contribution in [0.4, 0.5) is 8.78 Å². The lowest BCUT2D eigenvalue weighted by Gasteiger charge is -2.43. The molecule has 2 aromatic rings. The van der Waals surface area contributed by atoms with Crippen molar-refractivity contribution in [3.63, 3.8) is 0 Å². The van der Waals surface area contributed by atoms with E-state index in [9.17, 15) is 18.4 Å². The Kier molecular flexibility index (Phi) is 7.02. The standard InChI is InChI=1S/C23H29F2N5O3/c1-29(2)23(32)17-13-30(15-6-4-3-5-7-15)11-10-19(17)26-21(31)20-27-22(33-28-20)16-9-8-14(24)12-18(16)25/h8-9,12,15,17,19H,3-7,10-11,13H2,1-2H3,(H,26,31)/t17-,19-/m1/s1. The molecule has 33 heavy (non-hydrogen) atoms. The van der Waals surface area contributed by atoms with Crippen LogP contribution in [-0.2, 0) is 4.79 Å². The number of rotatable bonds is 5. The number of piperidine rings is 1. The van der Waals surface area contributed by atoms with Gasteiger partial charge in [-0.25, -0.2) is 8.78 Å². The second kappa shape index (κ2) is 9.94. The zero-order valence-corrected chi connectivity index (χ0v) is 18.9. The van der Waals surface area contributed by atoms with Gasteiger partial charge in [-0.2, -0.15) is 4.98 Å². The van der Waals surface area contributed by atoms with E-state index in [4.69, 9.17) is 4.52 Å². The summed E-state index contributed by atoms with van der Waals surface area (Å²) >= 11 is 0. The van der Waals surface area contributed by atoms with Gasteiger partial charge in [0.1, 0.15) is 11.6 Å². The van der Waals surface area contributed by atoms with Crippen molar-refractivity contribution in [1.29, 1.82) is 0 Å². The Morgan fingerprint density at radius 1 is 1.15 bits per heavy atom. The summed E-state index contributed by atoms with van der Waals surface area (Å²) in [5.74, 6) is -3.10. The monoisotopic (exact) mass is 461 g/mol. The van der Waals surface area contributed by atoms with Crippen molar-refractivity contribution in [2.75, 3.05) is 27.2 Å². The summed E-state index contributed by atoms with van der Waals surface area (Å²) in [6.07, 6.45) is 6.60. The molecule has 1 aliphatic heterocycles. The van der Waals surface area contributed by atoms with E-state index >= 15 is 0 Å². The molecule has 1 saturated heterocycles. The van der Waals surface area contributed by atoms with Crippen LogP contribution >= 0.6 is 0 Å². The maximum absolute atomic E-state index is 14.0. The maximum Gasteiger partial charge on any atom is 0.292 e. The van der Waals surface area contributed by atoms with Crippen LogP contribution in [0, 0.1) is 17.6 Å². The molecule has 1 aliphatic carbocycles. The van der Waals surface area contributed by atoms with Crippen molar-refractivity contribution in [1.82, 2.24) is 25.3 Å². The van der Waals surface area contributed by atoms with Gasteiger partial charge < -0.3 is 14.7 Å². The summed E-state index contributed by atoms with van der Waals surface area (Å²) in [5.41, 5.74) is -0.0931. The smallest absolute Gasteiger partial charge is 0.292 e. The molecule has 1 aromatic heterocycles. The summed E-state index contributed by atoms with van der Waals surface area (Å²) in [4.78, 5) is 33.7. The predicted octanol–water partition coefficient (Wildman–Crippen LogP) is 2.86. The van der Waals surface area contributed by atoms with E-state index in [2.05, 4.69) is 20.4 Å². The number of carbonyl (C=O) groups excluding carboxylic acids is 2. The number of hydrogen-bond donors (Lipinski definition) is 1. The number of carbonyl (C=O) groups is 2. The van der Waals surface area contributed by atoms with Gasteiger partial charge in [-0.15, -0.1) is 0 Å². The number of likely N-dealkylation sites (tertiary alicyclic amines) is 1. The fourth-order valence-corrected chi connectivity index (χ4v) is 4.83. The van der Waals surface area contributed by atoms with Gasteiger partial charge in [0.2, 0.25) is 5.91 Å². The lowest BCUT2D eigenvalue weighted by molar-refractivity contribution is -0.136. The first-order chi connectivity index (χ1) is 15.8. The Labute approximate surface area is 191 Å². The molecule has 2 atom stereocenters. The molecule has 1 N–H and O–H groups in total. The van der Waals surface area contributed by atoms with Gasteiger partial charge in [0.05, 0.1) is 11.5 Å². The van der Waals surface area contributed by atoms with Gasteiger partial charge >= 0.3 is 0 Å². The Hall–Kier alpha value is -2.88. The van der Waals surface area contributed by atoms with Crippen LogP contribution < -0.4 is 5.32 Å². The summed E-state index contributed by atoms with van der Waals surface area (Å²) in [7, 11) is 3.42. The van der Waals surface area contributed by atoms with E-state index in [1.807, 2.05) is 0 Å². The summed E-state index contributed by atoms with van der Waals surface area (Å²) in [6.45, 7) is 1.38. The third kappa shape index (κ3) is 5.21. The highest BCUT2D eigenvalue weighted by atomic mass is 19.1. The molecule has 0 spiro atoms. The summed E-state index contributed by atoms with van der Waals surface area (Å²) < 4.78 is 32.2. The van der Waals surface area contributed by atoms with Crippen LogP contribution in [0.1, 0.15) is 49.1 Å². The second-order valence-electron chi connectivity index (χ2n) is 9.04. The average Bonchev–Trinajstić information content (AvgIpc) is 3.29. The number of amides is 2. The van der Waals surface area contributed by atoms with Gasteiger partial charge in [0, 0.05) is 45.3 Å². The van der Waals surface area contributed by atoms with Gasteiger partial charge in [0.25, 0.3) is 17.6 Å². The Balaban J connectivity index is 1.47. The molecule has 4 rings (SSSR count). The van der Waals surface area contributed by atoms with Gasteiger partial charge in [0.15, 0.2) is 0 Å². The van der Waals surface area contributed by atoms with Gasteiger partial charge in [-0.1, -0.05) is 24.4 Å². The zero-order valence-electron chi connectivity index (χ0n) is 18.9. The van der Waals surface area contributed by atoms with E-state index in [0.717, 1.165) is 25.5 Å². The lowest BCUT2D eigenvalue weighted by atomic mass is 9.86. The largest absolute Gasteiger partial charge is 0.348 e. The Bertz CT molecular complexity index is 1010. The van der Waals surface area contributed by atoms with Crippen LogP contribution in [0.15, 0.2) is 22.7 Å². The molecule has 2 heterocycles. The number of hydrogen-bond acceptors (Lipinski definition) is 6. The van der Waals surface area contributed by atoms with Crippen LogP contribution in [0.2, 0.25) is 0 Å². The van der Waals surface area contributed by atoms with Crippen LogP contribution in [0.5, 0.6) is 0 Å². The van der Waals surface area contributed by atoms with Crippen LogP contribution in [0.3, 0.4) is 0 Å². The SMILES string of the molecule is CN(C)C(=O)[C@@H]1CN(C2CCCCC2)CC[C@H]1NC(=O)c1noc(-c2ccc(F)cc2F)n1. The van der Waals surface area contributed by atoms with E-state index in [1.54, 1.807) is 19.0 Å². The number of benzene rings is 1. The molecule has 0 bridgehead atoms. The quantitative estimate of drug-likeness (QED) is 0.736. The highest BCUT2D eigenvalue weighted by Gasteiger charge is 2.39. The van der Waals surface area contributed by atoms with Crippen LogP contribution in [0.25, 0.3) is 11.5 Å². The normalized spacial score (nSPS) is 22.2. The second-order valence-corrected chi connectivity index (χ2v) is 9.04. The van der Waals surface area contributed by atoms with Gasteiger partial charge in [-0.05, 0) is 31.4 Å². The molecule has 0 radical (unpaired) electrons. The molecule has 8 nitrogen and oxygen atoms in total. The minimum Gasteiger partial charge on any atom is -0.348 e. The molecule has 10 heteroatoms. The zero-order chi connectivity index (χ0) is 23.5.